The molecule has 8 nitrogen and oxygen atoms in total. The number of rotatable bonds is 6. The molecule has 1 aromatic heterocycles. The van der Waals surface area contributed by atoms with Crippen LogP contribution in [0.3, 0.4) is 0 Å². The fourth-order valence-electron chi connectivity index (χ4n) is 2.32. The van der Waals surface area contributed by atoms with Crippen molar-refractivity contribution in [3.8, 4) is 17.4 Å². The average Bonchev–Trinajstić information content (AvgIpc) is 2.64. The van der Waals surface area contributed by atoms with E-state index in [1.54, 1.807) is 30.3 Å². The van der Waals surface area contributed by atoms with Gasteiger partial charge in [-0.2, -0.15) is 4.98 Å². The Kier molecular flexibility index (Phi) is 5.37. The minimum atomic E-state index is -0.608. The Morgan fingerprint density at radius 2 is 1.89 bits per heavy atom. The first-order valence-corrected chi connectivity index (χ1v) is 8.20. The third kappa shape index (κ3) is 4.24. The highest BCUT2D eigenvalue weighted by molar-refractivity contribution is 6.31. The van der Waals surface area contributed by atoms with E-state index in [-0.39, 0.29) is 11.7 Å². The lowest BCUT2D eigenvalue weighted by molar-refractivity contribution is -0.385. The summed E-state index contributed by atoms with van der Waals surface area (Å²) < 4.78 is 10.8. The van der Waals surface area contributed by atoms with Crippen molar-refractivity contribution in [2.45, 2.75) is 6.92 Å². The van der Waals surface area contributed by atoms with E-state index in [9.17, 15) is 10.1 Å². The zero-order valence-electron chi connectivity index (χ0n) is 14.5. The summed E-state index contributed by atoms with van der Waals surface area (Å²) in [6, 6.07) is 11.9. The maximum Gasteiger partial charge on any atom is 0.373 e. The van der Waals surface area contributed by atoms with E-state index in [1.165, 1.54) is 13.4 Å². The first-order chi connectivity index (χ1) is 13.0. The molecule has 138 valence electrons. The fourth-order valence-corrected chi connectivity index (χ4v) is 2.49. The monoisotopic (exact) mass is 386 g/mol. The van der Waals surface area contributed by atoms with Gasteiger partial charge in [0.25, 0.3) is 0 Å². The van der Waals surface area contributed by atoms with Crippen LogP contribution in [0, 0.1) is 17.0 Å². The molecule has 0 amide bonds. The maximum absolute atomic E-state index is 11.6. The van der Waals surface area contributed by atoms with Crippen LogP contribution in [-0.4, -0.2) is 22.0 Å². The molecule has 9 heteroatoms. The van der Waals surface area contributed by atoms with Crippen molar-refractivity contribution >= 4 is 28.8 Å². The zero-order valence-corrected chi connectivity index (χ0v) is 15.2. The van der Waals surface area contributed by atoms with Crippen molar-refractivity contribution in [1.82, 2.24) is 9.97 Å². The summed E-state index contributed by atoms with van der Waals surface area (Å²) in [5, 5.41) is 15.0. The number of nitro groups is 1. The van der Waals surface area contributed by atoms with Crippen molar-refractivity contribution in [3.63, 3.8) is 0 Å². The fraction of sp³-hybridized carbons (Fsp3) is 0.111. The summed E-state index contributed by atoms with van der Waals surface area (Å²) in [6.45, 7) is 1.93. The van der Waals surface area contributed by atoms with Crippen LogP contribution in [0.4, 0.5) is 17.2 Å². The molecule has 0 aliphatic carbocycles. The minimum Gasteiger partial charge on any atom is -0.495 e. The first-order valence-electron chi connectivity index (χ1n) is 7.82. The second-order valence-electron chi connectivity index (χ2n) is 5.52. The van der Waals surface area contributed by atoms with Gasteiger partial charge >= 0.3 is 11.6 Å². The molecule has 0 saturated heterocycles. The predicted octanol–water partition coefficient (Wildman–Crippen LogP) is 4.89. The molecule has 0 atom stereocenters. The lowest BCUT2D eigenvalue weighted by Gasteiger charge is -2.12. The van der Waals surface area contributed by atoms with E-state index in [4.69, 9.17) is 21.1 Å². The Labute approximate surface area is 159 Å². The number of anilines is 2. The summed E-state index contributed by atoms with van der Waals surface area (Å²) in [7, 11) is 1.48. The molecule has 3 rings (SSSR count). The number of halogens is 1. The Balaban J connectivity index is 2.00. The quantitative estimate of drug-likeness (QED) is 0.475. The van der Waals surface area contributed by atoms with Crippen LogP contribution in [-0.2, 0) is 0 Å². The molecule has 2 aromatic carbocycles. The van der Waals surface area contributed by atoms with E-state index in [2.05, 4.69) is 15.3 Å². The van der Waals surface area contributed by atoms with Crippen LogP contribution in [0.5, 0.6) is 17.4 Å². The molecule has 0 fully saturated rings. The van der Waals surface area contributed by atoms with Crippen LogP contribution in [0.15, 0.2) is 48.8 Å². The third-order valence-corrected chi connectivity index (χ3v) is 3.86. The average molecular weight is 387 g/mol. The largest absolute Gasteiger partial charge is 0.495 e. The number of nitrogens with zero attached hydrogens (tertiary/aromatic N) is 3. The lowest BCUT2D eigenvalue weighted by Crippen LogP contribution is -2.04. The highest BCUT2D eigenvalue weighted by Gasteiger charge is 2.26. The van der Waals surface area contributed by atoms with Gasteiger partial charge in [-0.05, 0) is 37.3 Å². The van der Waals surface area contributed by atoms with E-state index in [1.807, 2.05) is 19.1 Å². The molecule has 0 spiro atoms. The summed E-state index contributed by atoms with van der Waals surface area (Å²) in [5.74, 6) is 0.655. The van der Waals surface area contributed by atoms with Crippen molar-refractivity contribution in [1.29, 1.82) is 0 Å². The summed E-state index contributed by atoms with van der Waals surface area (Å²) in [5.41, 5.74) is 1.06. The smallest absolute Gasteiger partial charge is 0.373 e. The van der Waals surface area contributed by atoms with Crippen molar-refractivity contribution in [2.75, 3.05) is 12.4 Å². The molecule has 1 heterocycles. The summed E-state index contributed by atoms with van der Waals surface area (Å²) in [6.07, 6.45) is 1.18. The standard InChI is InChI=1S/C18H15ClN4O4/c1-11-3-6-13(7-4-11)27-18-16(23(24)25)17(20-10-21-18)22-14-9-12(19)5-8-15(14)26-2/h3-10H,1-2H3,(H,20,21,22). The van der Waals surface area contributed by atoms with E-state index < -0.39 is 10.6 Å². The highest BCUT2D eigenvalue weighted by Crippen LogP contribution is 2.38. The number of ether oxygens (including phenoxy) is 2. The van der Waals surface area contributed by atoms with E-state index in [0.29, 0.717) is 22.2 Å². The number of benzene rings is 2. The molecule has 27 heavy (non-hydrogen) atoms. The topological polar surface area (TPSA) is 99.4 Å². The lowest BCUT2D eigenvalue weighted by atomic mass is 10.2. The normalized spacial score (nSPS) is 10.3. The number of hydrogen-bond acceptors (Lipinski definition) is 7. The van der Waals surface area contributed by atoms with Gasteiger partial charge in [0.1, 0.15) is 17.8 Å². The van der Waals surface area contributed by atoms with Gasteiger partial charge in [0.05, 0.1) is 17.7 Å². The van der Waals surface area contributed by atoms with Crippen molar-refractivity contribution in [3.05, 3.63) is 69.5 Å². The number of hydrogen-bond donors (Lipinski definition) is 1. The van der Waals surface area contributed by atoms with Gasteiger partial charge in [0, 0.05) is 5.02 Å². The molecular formula is C18H15ClN4O4. The van der Waals surface area contributed by atoms with E-state index in [0.717, 1.165) is 5.56 Å². The van der Waals surface area contributed by atoms with Gasteiger partial charge in [0.15, 0.2) is 0 Å². The Bertz CT molecular complexity index is 980. The number of methoxy groups -OCH3 is 1. The Morgan fingerprint density at radius 3 is 2.56 bits per heavy atom. The number of aromatic nitrogens is 2. The van der Waals surface area contributed by atoms with Crippen LogP contribution in [0.2, 0.25) is 5.02 Å². The van der Waals surface area contributed by atoms with Crippen molar-refractivity contribution < 1.29 is 14.4 Å². The van der Waals surface area contributed by atoms with Crippen LogP contribution < -0.4 is 14.8 Å². The molecule has 0 radical (unpaired) electrons. The van der Waals surface area contributed by atoms with Gasteiger partial charge in [-0.1, -0.05) is 29.3 Å². The molecule has 0 aliphatic rings. The molecule has 3 aromatic rings. The highest BCUT2D eigenvalue weighted by atomic mass is 35.5. The summed E-state index contributed by atoms with van der Waals surface area (Å²) in [4.78, 5) is 18.9. The molecule has 0 aliphatic heterocycles. The number of aryl methyl sites for hydroxylation is 1. The van der Waals surface area contributed by atoms with E-state index >= 15 is 0 Å². The molecule has 0 unspecified atom stereocenters. The minimum absolute atomic E-state index is 0.0438. The molecule has 1 N–H and O–H groups in total. The zero-order chi connectivity index (χ0) is 19.4. The summed E-state index contributed by atoms with van der Waals surface area (Å²) >= 11 is 6.01. The number of nitrogens with one attached hydrogen (secondary N) is 1. The van der Waals surface area contributed by atoms with Gasteiger partial charge in [-0.15, -0.1) is 0 Å². The SMILES string of the molecule is COc1ccc(Cl)cc1Nc1ncnc(Oc2ccc(C)cc2)c1[N+](=O)[O-]. The van der Waals surface area contributed by atoms with Gasteiger partial charge < -0.3 is 14.8 Å². The van der Waals surface area contributed by atoms with Gasteiger partial charge in [0.2, 0.25) is 5.82 Å². The van der Waals surface area contributed by atoms with Crippen LogP contribution >= 0.6 is 11.6 Å². The third-order valence-electron chi connectivity index (χ3n) is 3.62. The predicted molar refractivity (Wildman–Crippen MR) is 101 cm³/mol. The van der Waals surface area contributed by atoms with Gasteiger partial charge in [-0.25, -0.2) is 4.98 Å². The van der Waals surface area contributed by atoms with Crippen LogP contribution in [0.1, 0.15) is 5.56 Å². The molecular weight excluding hydrogens is 372 g/mol. The van der Waals surface area contributed by atoms with Crippen molar-refractivity contribution in [2.24, 2.45) is 0 Å². The molecule has 0 saturated carbocycles. The Hall–Kier alpha value is -3.39. The second kappa shape index (κ2) is 7.88. The first kappa shape index (κ1) is 18.4. The van der Waals surface area contributed by atoms with Crippen LogP contribution in [0.25, 0.3) is 0 Å². The molecule has 0 bridgehead atoms. The van der Waals surface area contributed by atoms with Gasteiger partial charge in [-0.3, -0.25) is 10.1 Å². The Morgan fingerprint density at radius 1 is 1.15 bits per heavy atom. The second-order valence-corrected chi connectivity index (χ2v) is 5.95. The maximum atomic E-state index is 11.6.